The van der Waals surface area contributed by atoms with E-state index in [1.807, 2.05) is 13.8 Å². The third kappa shape index (κ3) is 1.58. The molecule has 0 saturated carbocycles. The van der Waals surface area contributed by atoms with Gasteiger partial charge in [-0.25, -0.2) is 0 Å². The molecule has 0 aromatic carbocycles. The predicted octanol–water partition coefficient (Wildman–Crippen LogP) is 2.30. The molecule has 3 heteroatoms. The lowest BCUT2D eigenvalue weighted by molar-refractivity contribution is -0.210. The summed E-state index contributed by atoms with van der Waals surface area (Å²) in [5.74, 6) is 0.0216. The van der Waals surface area contributed by atoms with Crippen LogP contribution in [0.2, 0.25) is 0 Å². The van der Waals surface area contributed by atoms with Crippen LogP contribution in [0.4, 0.5) is 0 Å². The first-order valence-corrected chi connectivity index (χ1v) is 5.58. The minimum absolute atomic E-state index is 0.139. The van der Waals surface area contributed by atoms with E-state index in [4.69, 9.17) is 14.2 Å². The van der Waals surface area contributed by atoms with E-state index in [0.717, 1.165) is 12.8 Å². The van der Waals surface area contributed by atoms with Crippen LogP contribution in [0.25, 0.3) is 0 Å². The summed E-state index contributed by atoms with van der Waals surface area (Å²) in [5, 5.41) is 0. The van der Waals surface area contributed by atoms with Gasteiger partial charge >= 0.3 is 0 Å². The summed E-state index contributed by atoms with van der Waals surface area (Å²) >= 11 is 0. The average molecular weight is 200 g/mol. The van der Waals surface area contributed by atoms with Crippen molar-refractivity contribution in [3.8, 4) is 0 Å². The summed E-state index contributed by atoms with van der Waals surface area (Å²) in [6.45, 7) is 8.23. The van der Waals surface area contributed by atoms with Crippen LogP contribution < -0.4 is 0 Å². The summed E-state index contributed by atoms with van der Waals surface area (Å²) in [6, 6.07) is 0. The second-order valence-corrected chi connectivity index (χ2v) is 4.62. The Bertz CT molecular complexity index is 215. The first-order chi connectivity index (χ1) is 6.57. The molecule has 82 valence electrons. The van der Waals surface area contributed by atoms with Crippen LogP contribution >= 0.6 is 0 Å². The maximum atomic E-state index is 5.86. The standard InChI is InChI=1S/C11H20O3/c1-5-7-8(6-2)12-10-9(7)13-11(3,4)14-10/h7-10H,5-6H2,1-4H3/t7-,8-,9-,10-/m1/s1. The second kappa shape index (κ2) is 3.47. The van der Waals surface area contributed by atoms with E-state index in [9.17, 15) is 0 Å². The molecular weight excluding hydrogens is 180 g/mol. The molecule has 0 aliphatic carbocycles. The molecule has 0 spiro atoms. The SMILES string of the molecule is CC[C@H]1[C@H]2OC(C)(C)O[C@H]2O[C@@H]1CC. The number of hydrogen-bond donors (Lipinski definition) is 0. The van der Waals surface area contributed by atoms with Gasteiger partial charge in [-0.05, 0) is 26.7 Å². The largest absolute Gasteiger partial charge is 0.346 e. The van der Waals surface area contributed by atoms with Gasteiger partial charge in [-0.1, -0.05) is 13.8 Å². The summed E-state index contributed by atoms with van der Waals surface area (Å²) in [6.07, 6.45) is 2.45. The van der Waals surface area contributed by atoms with Gasteiger partial charge in [-0.15, -0.1) is 0 Å². The Kier molecular flexibility index (Phi) is 2.58. The number of rotatable bonds is 2. The Morgan fingerprint density at radius 2 is 1.79 bits per heavy atom. The molecule has 2 saturated heterocycles. The number of fused-ring (bicyclic) bond motifs is 1. The Balaban J connectivity index is 2.09. The molecule has 2 heterocycles. The molecule has 0 aromatic rings. The minimum Gasteiger partial charge on any atom is -0.346 e. The lowest BCUT2D eigenvalue weighted by Gasteiger charge is -2.24. The fourth-order valence-electron chi connectivity index (χ4n) is 2.53. The van der Waals surface area contributed by atoms with E-state index < -0.39 is 5.79 Å². The van der Waals surface area contributed by atoms with Crippen LogP contribution in [0, 0.1) is 5.92 Å². The van der Waals surface area contributed by atoms with Gasteiger partial charge in [-0.2, -0.15) is 0 Å². The summed E-state index contributed by atoms with van der Waals surface area (Å²) in [7, 11) is 0. The Labute approximate surface area is 85.7 Å². The molecule has 0 aromatic heterocycles. The zero-order chi connectivity index (χ0) is 10.3. The molecule has 0 N–H and O–H groups in total. The van der Waals surface area contributed by atoms with E-state index in [1.54, 1.807) is 0 Å². The van der Waals surface area contributed by atoms with Crippen molar-refractivity contribution in [2.45, 2.75) is 64.8 Å². The lowest BCUT2D eigenvalue weighted by Crippen LogP contribution is -2.29. The van der Waals surface area contributed by atoms with Gasteiger partial charge in [0.1, 0.15) is 6.10 Å². The van der Waals surface area contributed by atoms with Crippen molar-refractivity contribution in [3.63, 3.8) is 0 Å². The van der Waals surface area contributed by atoms with Gasteiger partial charge in [0.25, 0.3) is 0 Å². The van der Waals surface area contributed by atoms with Gasteiger partial charge in [-0.3, -0.25) is 0 Å². The average Bonchev–Trinajstić information content (AvgIpc) is 2.55. The van der Waals surface area contributed by atoms with Crippen molar-refractivity contribution in [2.75, 3.05) is 0 Å². The molecule has 2 aliphatic heterocycles. The van der Waals surface area contributed by atoms with Gasteiger partial charge in [0.2, 0.25) is 0 Å². The van der Waals surface area contributed by atoms with Crippen LogP contribution in [0.3, 0.4) is 0 Å². The van der Waals surface area contributed by atoms with E-state index >= 15 is 0 Å². The van der Waals surface area contributed by atoms with E-state index in [0.29, 0.717) is 12.0 Å². The third-order valence-electron chi connectivity index (χ3n) is 3.17. The van der Waals surface area contributed by atoms with Crippen molar-refractivity contribution in [2.24, 2.45) is 5.92 Å². The first kappa shape index (κ1) is 10.4. The summed E-state index contributed by atoms with van der Waals surface area (Å²) < 4.78 is 17.4. The Hall–Kier alpha value is -0.120. The van der Waals surface area contributed by atoms with Crippen molar-refractivity contribution in [3.05, 3.63) is 0 Å². The zero-order valence-corrected chi connectivity index (χ0v) is 9.45. The molecule has 2 rings (SSSR count). The van der Waals surface area contributed by atoms with Gasteiger partial charge in [0.05, 0.1) is 6.10 Å². The summed E-state index contributed by atoms with van der Waals surface area (Å²) in [4.78, 5) is 0. The highest BCUT2D eigenvalue weighted by Crippen LogP contribution is 2.42. The zero-order valence-electron chi connectivity index (χ0n) is 9.45. The summed E-state index contributed by atoms with van der Waals surface area (Å²) in [5.41, 5.74) is 0. The van der Waals surface area contributed by atoms with Crippen LogP contribution in [0.5, 0.6) is 0 Å². The Morgan fingerprint density at radius 1 is 1.07 bits per heavy atom. The first-order valence-electron chi connectivity index (χ1n) is 5.58. The minimum atomic E-state index is -0.471. The van der Waals surface area contributed by atoms with Gasteiger partial charge in [0.15, 0.2) is 12.1 Å². The molecule has 0 radical (unpaired) electrons. The Morgan fingerprint density at radius 3 is 2.36 bits per heavy atom. The molecule has 14 heavy (non-hydrogen) atoms. The predicted molar refractivity (Wildman–Crippen MR) is 52.8 cm³/mol. The highest BCUT2D eigenvalue weighted by molar-refractivity contribution is 4.91. The van der Waals surface area contributed by atoms with Crippen LogP contribution in [-0.2, 0) is 14.2 Å². The van der Waals surface area contributed by atoms with Crippen molar-refractivity contribution < 1.29 is 14.2 Å². The van der Waals surface area contributed by atoms with E-state index in [1.165, 1.54) is 0 Å². The molecule has 2 fully saturated rings. The van der Waals surface area contributed by atoms with Crippen molar-refractivity contribution >= 4 is 0 Å². The maximum Gasteiger partial charge on any atom is 0.187 e. The molecule has 2 aliphatic rings. The topological polar surface area (TPSA) is 27.7 Å². The monoisotopic (exact) mass is 200 g/mol. The van der Waals surface area contributed by atoms with Gasteiger partial charge in [0, 0.05) is 5.92 Å². The highest BCUT2D eigenvalue weighted by atomic mass is 16.8. The van der Waals surface area contributed by atoms with E-state index in [-0.39, 0.29) is 12.4 Å². The highest BCUT2D eigenvalue weighted by Gasteiger charge is 2.53. The van der Waals surface area contributed by atoms with Crippen molar-refractivity contribution in [1.82, 2.24) is 0 Å². The third-order valence-corrected chi connectivity index (χ3v) is 3.17. The fourth-order valence-corrected chi connectivity index (χ4v) is 2.53. The molecule has 3 nitrogen and oxygen atoms in total. The number of ether oxygens (including phenoxy) is 3. The molecular formula is C11H20O3. The fraction of sp³-hybridized carbons (Fsp3) is 1.00. The smallest absolute Gasteiger partial charge is 0.187 e. The molecule has 0 amide bonds. The van der Waals surface area contributed by atoms with E-state index in [2.05, 4.69) is 13.8 Å². The number of hydrogen-bond acceptors (Lipinski definition) is 3. The quantitative estimate of drug-likeness (QED) is 0.684. The molecule has 4 atom stereocenters. The normalized spacial score (nSPS) is 45.4. The maximum absolute atomic E-state index is 5.86. The molecule has 0 unspecified atom stereocenters. The lowest BCUT2D eigenvalue weighted by atomic mass is 9.94. The van der Waals surface area contributed by atoms with Gasteiger partial charge < -0.3 is 14.2 Å². The van der Waals surface area contributed by atoms with Crippen LogP contribution in [0.15, 0.2) is 0 Å². The second-order valence-electron chi connectivity index (χ2n) is 4.62. The van der Waals surface area contributed by atoms with Crippen LogP contribution in [0.1, 0.15) is 40.5 Å². The van der Waals surface area contributed by atoms with Crippen LogP contribution in [-0.4, -0.2) is 24.3 Å². The van der Waals surface area contributed by atoms with Crippen molar-refractivity contribution in [1.29, 1.82) is 0 Å². The molecule has 0 bridgehead atoms.